The molecule has 19 heavy (non-hydrogen) atoms. The van der Waals surface area contributed by atoms with Gasteiger partial charge in [-0.2, -0.15) is 0 Å². The summed E-state index contributed by atoms with van der Waals surface area (Å²) in [6.45, 7) is 5.05. The monoisotopic (exact) mass is 257 g/mol. The average Bonchev–Trinajstić information content (AvgIpc) is 2.84. The van der Waals surface area contributed by atoms with E-state index >= 15 is 0 Å². The summed E-state index contributed by atoms with van der Waals surface area (Å²) in [6, 6.07) is 8.75. The zero-order valence-electron chi connectivity index (χ0n) is 11.9. The first kappa shape index (κ1) is 13.7. The van der Waals surface area contributed by atoms with Crippen LogP contribution in [-0.2, 0) is 13.0 Å². The van der Waals surface area contributed by atoms with Gasteiger partial charge in [0, 0.05) is 11.4 Å². The summed E-state index contributed by atoms with van der Waals surface area (Å²) in [6.07, 6.45) is 6.81. The van der Waals surface area contributed by atoms with Crippen molar-refractivity contribution in [2.75, 3.05) is 5.32 Å². The fourth-order valence-corrected chi connectivity index (χ4v) is 2.12. The van der Waals surface area contributed by atoms with E-state index in [1.807, 2.05) is 6.92 Å². The summed E-state index contributed by atoms with van der Waals surface area (Å²) in [5.41, 5.74) is 4.78. The van der Waals surface area contributed by atoms with Crippen LogP contribution in [0.2, 0.25) is 0 Å². The molecule has 0 fully saturated rings. The van der Waals surface area contributed by atoms with Gasteiger partial charge in [0.25, 0.3) is 0 Å². The Morgan fingerprint density at radius 2 is 1.95 bits per heavy atom. The number of anilines is 1. The molecule has 0 bridgehead atoms. The van der Waals surface area contributed by atoms with Crippen molar-refractivity contribution in [1.29, 1.82) is 0 Å². The number of nitrogens with zero attached hydrogens (tertiary/aromatic N) is 1. The third kappa shape index (κ3) is 4.12. The van der Waals surface area contributed by atoms with Crippen molar-refractivity contribution in [1.82, 2.24) is 9.97 Å². The lowest BCUT2D eigenvalue weighted by molar-refractivity contribution is 0.717. The zero-order valence-corrected chi connectivity index (χ0v) is 11.9. The number of aromatic amines is 1. The van der Waals surface area contributed by atoms with Crippen LogP contribution in [0.1, 0.15) is 43.1 Å². The molecule has 2 N–H and O–H groups in total. The maximum absolute atomic E-state index is 4.28. The number of rotatable bonds is 7. The van der Waals surface area contributed by atoms with Gasteiger partial charge in [-0.1, -0.05) is 31.9 Å². The molecule has 0 saturated heterocycles. The molecule has 0 aliphatic heterocycles. The van der Waals surface area contributed by atoms with E-state index in [1.54, 1.807) is 6.33 Å². The quantitative estimate of drug-likeness (QED) is 0.734. The predicted molar refractivity (Wildman–Crippen MR) is 80.3 cm³/mol. The van der Waals surface area contributed by atoms with Crippen LogP contribution < -0.4 is 5.32 Å². The summed E-state index contributed by atoms with van der Waals surface area (Å²) < 4.78 is 0. The minimum atomic E-state index is 0.768. The number of benzene rings is 1. The van der Waals surface area contributed by atoms with Crippen molar-refractivity contribution in [3.63, 3.8) is 0 Å². The smallest absolute Gasteiger partial charge is 0.0925 e. The second-order valence-corrected chi connectivity index (χ2v) is 4.98. The van der Waals surface area contributed by atoms with Gasteiger partial charge >= 0.3 is 0 Å². The Morgan fingerprint density at radius 1 is 1.16 bits per heavy atom. The van der Waals surface area contributed by atoms with E-state index in [0.717, 1.165) is 23.6 Å². The van der Waals surface area contributed by atoms with Crippen molar-refractivity contribution >= 4 is 5.69 Å². The van der Waals surface area contributed by atoms with Gasteiger partial charge in [-0.25, -0.2) is 4.98 Å². The van der Waals surface area contributed by atoms with Gasteiger partial charge in [-0.15, -0.1) is 0 Å². The van der Waals surface area contributed by atoms with Crippen molar-refractivity contribution in [2.45, 2.75) is 46.1 Å². The summed E-state index contributed by atoms with van der Waals surface area (Å²) in [4.78, 5) is 7.37. The maximum Gasteiger partial charge on any atom is 0.0925 e. The Kier molecular flexibility index (Phi) is 5.01. The normalized spacial score (nSPS) is 10.6. The number of aromatic nitrogens is 2. The molecule has 3 heteroatoms. The molecule has 0 radical (unpaired) electrons. The Hall–Kier alpha value is -1.77. The highest BCUT2D eigenvalue weighted by molar-refractivity contribution is 5.45. The molecular formula is C16H23N3. The lowest BCUT2D eigenvalue weighted by Gasteiger charge is -2.07. The summed E-state index contributed by atoms with van der Waals surface area (Å²) in [7, 11) is 0. The molecule has 3 nitrogen and oxygen atoms in total. The van der Waals surface area contributed by atoms with Gasteiger partial charge in [0.15, 0.2) is 0 Å². The average molecular weight is 257 g/mol. The van der Waals surface area contributed by atoms with E-state index in [2.05, 4.69) is 46.5 Å². The van der Waals surface area contributed by atoms with Crippen LogP contribution >= 0.6 is 0 Å². The number of hydrogen-bond acceptors (Lipinski definition) is 2. The Balaban J connectivity index is 1.83. The number of imidazole rings is 1. The first-order chi connectivity index (χ1) is 9.29. The second-order valence-electron chi connectivity index (χ2n) is 4.98. The minimum Gasteiger partial charge on any atom is -0.379 e. The minimum absolute atomic E-state index is 0.768. The van der Waals surface area contributed by atoms with Crippen LogP contribution in [0.15, 0.2) is 30.6 Å². The first-order valence-electron chi connectivity index (χ1n) is 7.11. The molecule has 0 spiro atoms. The molecular weight excluding hydrogens is 234 g/mol. The van der Waals surface area contributed by atoms with E-state index < -0.39 is 0 Å². The molecule has 0 amide bonds. The van der Waals surface area contributed by atoms with Gasteiger partial charge in [-0.3, -0.25) is 0 Å². The van der Waals surface area contributed by atoms with Crippen molar-refractivity contribution in [3.05, 3.63) is 47.5 Å². The summed E-state index contributed by atoms with van der Waals surface area (Å²) in [5, 5.41) is 3.40. The second kappa shape index (κ2) is 6.98. The molecule has 1 aromatic carbocycles. The van der Waals surface area contributed by atoms with E-state index in [4.69, 9.17) is 0 Å². The summed E-state index contributed by atoms with van der Waals surface area (Å²) in [5.74, 6) is 0. The Labute approximate surface area is 115 Å². The highest BCUT2D eigenvalue weighted by Gasteiger charge is 2.00. The third-order valence-corrected chi connectivity index (χ3v) is 3.42. The van der Waals surface area contributed by atoms with E-state index in [1.165, 1.54) is 31.2 Å². The molecule has 1 heterocycles. The number of H-pyrrole nitrogens is 1. The third-order valence-electron chi connectivity index (χ3n) is 3.42. The molecule has 1 aromatic heterocycles. The highest BCUT2D eigenvalue weighted by Crippen LogP contribution is 2.13. The predicted octanol–water partition coefficient (Wildman–Crippen LogP) is 4.06. The molecule has 2 aromatic rings. The standard InChI is InChI=1S/C16H23N3/c1-3-4-5-6-14-7-9-15(10-8-14)17-11-16-13(2)18-12-19-16/h7-10,12,17H,3-6,11H2,1-2H3,(H,18,19). The maximum atomic E-state index is 4.28. The van der Waals surface area contributed by atoms with E-state index in [-0.39, 0.29) is 0 Å². The van der Waals surface area contributed by atoms with Crippen molar-refractivity contribution in [2.24, 2.45) is 0 Å². The lowest BCUT2D eigenvalue weighted by Crippen LogP contribution is -2.01. The highest BCUT2D eigenvalue weighted by atomic mass is 14.9. The largest absolute Gasteiger partial charge is 0.379 e. The fourth-order valence-electron chi connectivity index (χ4n) is 2.12. The van der Waals surface area contributed by atoms with Crippen molar-refractivity contribution in [3.8, 4) is 0 Å². The van der Waals surface area contributed by atoms with Crippen LogP contribution in [0.3, 0.4) is 0 Å². The number of hydrogen-bond donors (Lipinski definition) is 2. The number of unbranched alkanes of at least 4 members (excludes halogenated alkanes) is 2. The molecule has 0 saturated carbocycles. The Morgan fingerprint density at radius 3 is 2.58 bits per heavy atom. The first-order valence-corrected chi connectivity index (χ1v) is 7.11. The summed E-state index contributed by atoms with van der Waals surface area (Å²) >= 11 is 0. The molecule has 102 valence electrons. The van der Waals surface area contributed by atoms with E-state index in [9.17, 15) is 0 Å². The van der Waals surface area contributed by atoms with Crippen LogP contribution in [0.25, 0.3) is 0 Å². The van der Waals surface area contributed by atoms with Crippen LogP contribution in [0.5, 0.6) is 0 Å². The fraction of sp³-hybridized carbons (Fsp3) is 0.438. The van der Waals surface area contributed by atoms with Crippen LogP contribution in [0, 0.1) is 6.92 Å². The van der Waals surface area contributed by atoms with Crippen LogP contribution in [-0.4, -0.2) is 9.97 Å². The van der Waals surface area contributed by atoms with Gasteiger partial charge in [0.2, 0.25) is 0 Å². The van der Waals surface area contributed by atoms with Gasteiger partial charge in [-0.05, 0) is 37.5 Å². The topological polar surface area (TPSA) is 40.7 Å². The SMILES string of the molecule is CCCCCc1ccc(NCc2nc[nH]c2C)cc1. The zero-order chi connectivity index (χ0) is 13.5. The van der Waals surface area contributed by atoms with Gasteiger partial charge < -0.3 is 10.3 Å². The van der Waals surface area contributed by atoms with Gasteiger partial charge in [0.05, 0.1) is 18.6 Å². The molecule has 0 aliphatic carbocycles. The molecule has 2 rings (SSSR count). The van der Waals surface area contributed by atoms with Gasteiger partial charge in [0.1, 0.15) is 0 Å². The van der Waals surface area contributed by atoms with Crippen LogP contribution in [0.4, 0.5) is 5.69 Å². The number of aryl methyl sites for hydroxylation is 2. The molecule has 0 aliphatic rings. The van der Waals surface area contributed by atoms with Crippen molar-refractivity contribution < 1.29 is 0 Å². The molecule has 0 unspecified atom stereocenters. The lowest BCUT2D eigenvalue weighted by atomic mass is 10.1. The van der Waals surface area contributed by atoms with E-state index in [0.29, 0.717) is 0 Å². The number of nitrogens with one attached hydrogen (secondary N) is 2. The Bertz CT molecular complexity index is 485. The molecule has 0 atom stereocenters.